The van der Waals surface area contributed by atoms with Gasteiger partial charge in [0.1, 0.15) is 12.6 Å². The standard InChI is InChI=1S/C13H23N3O3/c1-5-9(4)14-11(17)7-16-12(18)10(6-8(2)3)15-13(16)19/h8-10H,5-7H2,1-4H3,(H,14,17)(H,15,19)/t9-,10+/m1/s1. The first-order chi connectivity index (χ1) is 8.85. The Balaban J connectivity index is 2.56. The Kier molecular flexibility index (Phi) is 5.32. The van der Waals surface area contributed by atoms with Gasteiger partial charge in [0.2, 0.25) is 5.91 Å². The molecule has 0 aromatic carbocycles. The van der Waals surface area contributed by atoms with Crippen LogP contribution in [-0.2, 0) is 9.59 Å². The summed E-state index contributed by atoms with van der Waals surface area (Å²) in [5.74, 6) is -0.302. The number of carbonyl (C=O) groups is 3. The van der Waals surface area contributed by atoms with Gasteiger partial charge in [-0.3, -0.25) is 14.5 Å². The Bertz CT molecular complexity index is 368. The van der Waals surface area contributed by atoms with E-state index in [9.17, 15) is 14.4 Å². The quantitative estimate of drug-likeness (QED) is 0.702. The molecule has 2 atom stereocenters. The lowest BCUT2D eigenvalue weighted by molar-refractivity contribution is -0.132. The lowest BCUT2D eigenvalue weighted by Gasteiger charge is -2.16. The predicted molar refractivity (Wildman–Crippen MR) is 71.4 cm³/mol. The first kappa shape index (κ1) is 15.5. The van der Waals surface area contributed by atoms with Crippen LogP contribution in [0.25, 0.3) is 0 Å². The van der Waals surface area contributed by atoms with E-state index in [0.29, 0.717) is 12.3 Å². The second-order valence-corrected chi connectivity index (χ2v) is 5.43. The molecule has 0 saturated carbocycles. The molecule has 0 unspecified atom stereocenters. The van der Waals surface area contributed by atoms with Gasteiger partial charge < -0.3 is 10.6 Å². The highest BCUT2D eigenvalue weighted by molar-refractivity contribution is 6.06. The smallest absolute Gasteiger partial charge is 0.325 e. The van der Waals surface area contributed by atoms with Crippen molar-refractivity contribution < 1.29 is 14.4 Å². The van der Waals surface area contributed by atoms with E-state index in [2.05, 4.69) is 10.6 Å². The third kappa shape index (κ3) is 4.22. The van der Waals surface area contributed by atoms with Gasteiger partial charge >= 0.3 is 6.03 Å². The Hall–Kier alpha value is -1.59. The summed E-state index contributed by atoms with van der Waals surface area (Å²) in [6.45, 7) is 7.60. The Labute approximate surface area is 113 Å². The first-order valence-electron chi connectivity index (χ1n) is 6.76. The lowest BCUT2D eigenvalue weighted by atomic mass is 10.0. The molecule has 1 rings (SSSR count). The SMILES string of the molecule is CC[C@@H](C)NC(=O)CN1C(=O)N[C@@H](CC(C)C)C1=O. The van der Waals surface area contributed by atoms with Gasteiger partial charge in [-0.2, -0.15) is 0 Å². The van der Waals surface area contributed by atoms with Gasteiger partial charge in [-0.25, -0.2) is 4.79 Å². The highest BCUT2D eigenvalue weighted by Crippen LogP contribution is 2.13. The maximum Gasteiger partial charge on any atom is 0.325 e. The summed E-state index contributed by atoms with van der Waals surface area (Å²) in [5.41, 5.74) is 0. The molecule has 19 heavy (non-hydrogen) atoms. The number of carbonyl (C=O) groups excluding carboxylic acids is 3. The normalized spacial score (nSPS) is 20.7. The van der Waals surface area contributed by atoms with E-state index in [1.165, 1.54) is 0 Å². The third-order valence-corrected chi connectivity index (χ3v) is 3.14. The largest absolute Gasteiger partial charge is 0.352 e. The van der Waals surface area contributed by atoms with Gasteiger partial charge in [-0.05, 0) is 25.7 Å². The molecule has 1 saturated heterocycles. The number of imide groups is 1. The van der Waals surface area contributed by atoms with E-state index in [4.69, 9.17) is 0 Å². The highest BCUT2D eigenvalue weighted by Gasteiger charge is 2.38. The summed E-state index contributed by atoms with van der Waals surface area (Å²) in [6, 6.07) is -0.932. The number of nitrogens with zero attached hydrogens (tertiary/aromatic N) is 1. The minimum absolute atomic E-state index is 0.0414. The average molecular weight is 269 g/mol. The number of urea groups is 1. The molecule has 1 heterocycles. The van der Waals surface area contributed by atoms with Crippen molar-refractivity contribution in [1.29, 1.82) is 0 Å². The topological polar surface area (TPSA) is 78.5 Å². The minimum Gasteiger partial charge on any atom is -0.352 e. The van der Waals surface area contributed by atoms with Crippen LogP contribution in [0.3, 0.4) is 0 Å². The maximum absolute atomic E-state index is 12.0. The second kappa shape index (κ2) is 6.54. The number of nitrogens with one attached hydrogen (secondary N) is 2. The van der Waals surface area contributed by atoms with Crippen LogP contribution in [0, 0.1) is 5.92 Å². The molecule has 6 nitrogen and oxygen atoms in total. The van der Waals surface area contributed by atoms with Crippen molar-refractivity contribution in [3.63, 3.8) is 0 Å². The predicted octanol–water partition coefficient (Wildman–Crippen LogP) is 0.868. The Morgan fingerprint density at radius 1 is 1.37 bits per heavy atom. The number of hydrogen-bond donors (Lipinski definition) is 2. The van der Waals surface area contributed by atoms with E-state index in [1.807, 2.05) is 27.7 Å². The zero-order valence-corrected chi connectivity index (χ0v) is 12.0. The number of rotatable bonds is 6. The van der Waals surface area contributed by atoms with Crippen LogP contribution >= 0.6 is 0 Å². The summed E-state index contributed by atoms with van der Waals surface area (Å²) in [6.07, 6.45) is 1.40. The van der Waals surface area contributed by atoms with E-state index >= 15 is 0 Å². The molecule has 1 aliphatic heterocycles. The Morgan fingerprint density at radius 2 is 2.00 bits per heavy atom. The molecule has 4 amide bonds. The van der Waals surface area contributed by atoms with Crippen LogP contribution in [-0.4, -0.2) is 41.4 Å². The number of hydrogen-bond acceptors (Lipinski definition) is 3. The highest BCUT2D eigenvalue weighted by atomic mass is 16.2. The van der Waals surface area contributed by atoms with Crippen molar-refractivity contribution in [1.82, 2.24) is 15.5 Å². The lowest BCUT2D eigenvalue weighted by Crippen LogP contribution is -2.43. The first-order valence-corrected chi connectivity index (χ1v) is 6.76. The Morgan fingerprint density at radius 3 is 2.53 bits per heavy atom. The van der Waals surface area contributed by atoms with Crippen molar-refractivity contribution >= 4 is 17.8 Å². The fourth-order valence-corrected chi connectivity index (χ4v) is 1.92. The van der Waals surface area contributed by atoms with Crippen LogP contribution in [0.1, 0.15) is 40.5 Å². The molecule has 2 N–H and O–H groups in total. The van der Waals surface area contributed by atoms with Crippen LogP contribution in [0.4, 0.5) is 4.79 Å². The monoisotopic (exact) mass is 269 g/mol. The molecule has 0 aliphatic carbocycles. The summed E-state index contributed by atoms with van der Waals surface area (Å²) >= 11 is 0. The van der Waals surface area contributed by atoms with Crippen molar-refractivity contribution in [2.45, 2.75) is 52.6 Å². The molecule has 6 heteroatoms. The molecule has 0 aromatic rings. The summed E-state index contributed by atoms with van der Waals surface area (Å²) in [7, 11) is 0. The van der Waals surface area contributed by atoms with Gasteiger partial charge in [0.25, 0.3) is 5.91 Å². The van der Waals surface area contributed by atoms with Gasteiger partial charge in [0.05, 0.1) is 0 Å². The molecule has 108 valence electrons. The molecule has 0 spiro atoms. The zero-order chi connectivity index (χ0) is 14.6. The fourth-order valence-electron chi connectivity index (χ4n) is 1.92. The molecule has 0 aromatic heterocycles. The third-order valence-electron chi connectivity index (χ3n) is 3.14. The van der Waals surface area contributed by atoms with Crippen molar-refractivity contribution in [3.05, 3.63) is 0 Å². The van der Waals surface area contributed by atoms with Crippen molar-refractivity contribution in [3.8, 4) is 0 Å². The number of amides is 4. The van der Waals surface area contributed by atoms with E-state index < -0.39 is 12.1 Å². The van der Waals surface area contributed by atoms with Crippen LogP contribution in [0.5, 0.6) is 0 Å². The molecule has 1 aliphatic rings. The zero-order valence-electron chi connectivity index (χ0n) is 12.0. The van der Waals surface area contributed by atoms with Crippen LogP contribution in [0.2, 0.25) is 0 Å². The minimum atomic E-state index is -0.496. The van der Waals surface area contributed by atoms with E-state index in [0.717, 1.165) is 11.3 Å². The average Bonchev–Trinajstić information content (AvgIpc) is 2.56. The summed E-state index contributed by atoms with van der Waals surface area (Å²) < 4.78 is 0. The van der Waals surface area contributed by atoms with E-state index in [-0.39, 0.29) is 24.4 Å². The van der Waals surface area contributed by atoms with Gasteiger partial charge in [-0.15, -0.1) is 0 Å². The summed E-state index contributed by atoms with van der Waals surface area (Å²) in [4.78, 5) is 36.4. The van der Waals surface area contributed by atoms with Gasteiger partial charge in [0, 0.05) is 6.04 Å². The molecular formula is C13H23N3O3. The fraction of sp³-hybridized carbons (Fsp3) is 0.769. The van der Waals surface area contributed by atoms with Crippen LogP contribution < -0.4 is 10.6 Å². The van der Waals surface area contributed by atoms with E-state index in [1.54, 1.807) is 0 Å². The second-order valence-electron chi connectivity index (χ2n) is 5.43. The van der Waals surface area contributed by atoms with Crippen molar-refractivity contribution in [2.24, 2.45) is 5.92 Å². The molecule has 0 radical (unpaired) electrons. The molecule has 0 bridgehead atoms. The molecule has 1 fully saturated rings. The summed E-state index contributed by atoms with van der Waals surface area (Å²) in [5, 5.41) is 5.36. The maximum atomic E-state index is 12.0. The van der Waals surface area contributed by atoms with Crippen LogP contribution in [0.15, 0.2) is 0 Å². The van der Waals surface area contributed by atoms with Gasteiger partial charge in [-0.1, -0.05) is 20.8 Å². The molecular weight excluding hydrogens is 246 g/mol. The van der Waals surface area contributed by atoms with Gasteiger partial charge in [0.15, 0.2) is 0 Å². The van der Waals surface area contributed by atoms with Crippen molar-refractivity contribution in [2.75, 3.05) is 6.54 Å².